The van der Waals surface area contributed by atoms with Gasteiger partial charge in [-0.15, -0.1) is 15.7 Å². The van der Waals surface area contributed by atoms with Crippen LogP contribution in [0.2, 0.25) is 0 Å². The SMILES string of the molecule is Cc1c(C(C)(C)C)sc(=NS(=O)(=O)c2cccc3ccccc23)n1Cc1ccc(C(=O)NN2CCCCC2)cc1. The third kappa shape index (κ3) is 6.06. The number of piperidine rings is 1. The number of sulfonamides is 1. The molecular formula is C31H36N4O3S2. The van der Waals surface area contributed by atoms with Crippen molar-refractivity contribution in [2.24, 2.45) is 4.40 Å². The van der Waals surface area contributed by atoms with E-state index in [0.29, 0.717) is 22.3 Å². The summed E-state index contributed by atoms with van der Waals surface area (Å²) in [5.74, 6) is -0.111. The Labute approximate surface area is 240 Å². The average molecular weight is 577 g/mol. The van der Waals surface area contributed by atoms with E-state index in [9.17, 15) is 13.2 Å². The fraction of sp³-hybridized carbons (Fsp3) is 0.355. The number of rotatable bonds is 6. The molecule has 0 saturated carbocycles. The van der Waals surface area contributed by atoms with Gasteiger partial charge in [-0.05, 0) is 54.3 Å². The van der Waals surface area contributed by atoms with Gasteiger partial charge in [-0.2, -0.15) is 8.42 Å². The number of thiazole rings is 1. The van der Waals surface area contributed by atoms with Gasteiger partial charge < -0.3 is 4.57 Å². The van der Waals surface area contributed by atoms with Crippen LogP contribution in [0, 0.1) is 6.92 Å². The summed E-state index contributed by atoms with van der Waals surface area (Å²) in [5.41, 5.74) is 5.37. The molecule has 1 saturated heterocycles. The highest BCUT2D eigenvalue weighted by molar-refractivity contribution is 7.90. The van der Waals surface area contributed by atoms with Crippen LogP contribution in [0.3, 0.4) is 0 Å². The molecule has 0 aliphatic carbocycles. The molecule has 3 aromatic carbocycles. The Hall–Kier alpha value is -3.27. The molecule has 0 atom stereocenters. The molecule has 1 aromatic heterocycles. The largest absolute Gasteiger partial charge is 0.316 e. The average Bonchev–Trinajstić information content (AvgIpc) is 3.23. The van der Waals surface area contributed by atoms with Crippen LogP contribution in [0.25, 0.3) is 10.8 Å². The molecule has 1 aliphatic heterocycles. The van der Waals surface area contributed by atoms with Gasteiger partial charge in [0.1, 0.15) is 0 Å². The quantitative estimate of drug-likeness (QED) is 0.316. The van der Waals surface area contributed by atoms with Gasteiger partial charge in [0.05, 0.1) is 11.4 Å². The monoisotopic (exact) mass is 576 g/mol. The summed E-state index contributed by atoms with van der Waals surface area (Å²) >= 11 is 1.41. The Morgan fingerprint density at radius 3 is 2.33 bits per heavy atom. The maximum atomic E-state index is 13.7. The highest BCUT2D eigenvalue weighted by Gasteiger charge is 2.24. The predicted molar refractivity (Wildman–Crippen MR) is 161 cm³/mol. The van der Waals surface area contributed by atoms with Crippen LogP contribution in [-0.4, -0.2) is 37.0 Å². The van der Waals surface area contributed by atoms with Gasteiger partial charge in [-0.1, -0.05) is 75.7 Å². The molecule has 7 nitrogen and oxygen atoms in total. The second-order valence-corrected chi connectivity index (χ2v) is 13.9. The van der Waals surface area contributed by atoms with Crippen molar-refractivity contribution in [1.82, 2.24) is 15.0 Å². The minimum Gasteiger partial charge on any atom is -0.316 e. The fourth-order valence-corrected chi connectivity index (χ4v) is 7.79. The number of aromatic nitrogens is 1. The number of carbonyl (C=O) groups is 1. The molecule has 0 bridgehead atoms. The van der Waals surface area contributed by atoms with Gasteiger partial charge in [0, 0.05) is 34.6 Å². The van der Waals surface area contributed by atoms with Crippen LogP contribution >= 0.6 is 11.3 Å². The van der Waals surface area contributed by atoms with Gasteiger partial charge in [0.15, 0.2) is 0 Å². The smallest absolute Gasteiger partial charge is 0.285 e. The van der Waals surface area contributed by atoms with E-state index in [0.717, 1.165) is 47.5 Å². The first kappa shape index (κ1) is 28.3. The van der Waals surface area contributed by atoms with Crippen molar-refractivity contribution in [3.8, 4) is 0 Å². The number of hydrogen-bond donors (Lipinski definition) is 1. The third-order valence-electron chi connectivity index (χ3n) is 7.24. The topological polar surface area (TPSA) is 83.8 Å². The van der Waals surface area contributed by atoms with E-state index in [4.69, 9.17) is 0 Å². The zero-order valence-electron chi connectivity index (χ0n) is 23.5. The number of benzene rings is 3. The maximum Gasteiger partial charge on any atom is 0.285 e. The van der Waals surface area contributed by atoms with E-state index in [-0.39, 0.29) is 16.2 Å². The Morgan fingerprint density at radius 1 is 0.950 bits per heavy atom. The summed E-state index contributed by atoms with van der Waals surface area (Å²) in [7, 11) is -3.98. The van der Waals surface area contributed by atoms with Crippen molar-refractivity contribution in [3.63, 3.8) is 0 Å². The van der Waals surface area contributed by atoms with E-state index in [1.165, 1.54) is 17.8 Å². The summed E-state index contributed by atoms with van der Waals surface area (Å²) < 4.78 is 33.7. The first-order valence-corrected chi connectivity index (χ1v) is 15.9. The second-order valence-electron chi connectivity index (χ2n) is 11.4. The van der Waals surface area contributed by atoms with E-state index in [1.54, 1.807) is 12.1 Å². The predicted octanol–water partition coefficient (Wildman–Crippen LogP) is 5.78. The molecule has 210 valence electrons. The van der Waals surface area contributed by atoms with Crippen molar-refractivity contribution in [2.75, 3.05) is 13.1 Å². The minimum atomic E-state index is -3.98. The summed E-state index contributed by atoms with van der Waals surface area (Å²) in [6.07, 6.45) is 3.39. The molecule has 0 spiro atoms. The molecule has 9 heteroatoms. The second kappa shape index (κ2) is 11.3. The molecule has 0 radical (unpaired) electrons. The Kier molecular flexibility index (Phi) is 7.99. The van der Waals surface area contributed by atoms with Crippen LogP contribution in [0.1, 0.15) is 66.5 Å². The lowest BCUT2D eigenvalue weighted by atomic mass is 9.93. The number of carbonyl (C=O) groups excluding carboxylic acids is 1. The van der Waals surface area contributed by atoms with Crippen molar-refractivity contribution in [1.29, 1.82) is 0 Å². The third-order valence-corrected chi connectivity index (χ3v) is 10.3. The molecule has 0 unspecified atom stereocenters. The molecule has 40 heavy (non-hydrogen) atoms. The van der Waals surface area contributed by atoms with Crippen molar-refractivity contribution < 1.29 is 13.2 Å². The molecule has 1 fully saturated rings. The van der Waals surface area contributed by atoms with Gasteiger partial charge >= 0.3 is 0 Å². The van der Waals surface area contributed by atoms with Gasteiger partial charge in [0.2, 0.25) is 4.80 Å². The zero-order valence-corrected chi connectivity index (χ0v) is 25.1. The molecule has 1 N–H and O–H groups in total. The summed E-state index contributed by atoms with van der Waals surface area (Å²) in [5, 5.41) is 3.50. The van der Waals surface area contributed by atoms with Gasteiger partial charge in [-0.25, -0.2) is 5.01 Å². The number of hydrazine groups is 1. The molecule has 1 aliphatic rings. The Morgan fingerprint density at radius 2 is 1.62 bits per heavy atom. The number of hydrogen-bond acceptors (Lipinski definition) is 5. The first-order chi connectivity index (χ1) is 19.0. The van der Waals surface area contributed by atoms with Crippen molar-refractivity contribution in [3.05, 3.63) is 93.2 Å². The van der Waals surface area contributed by atoms with Crippen molar-refractivity contribution in [2.45, 2.75) is 63.8 Å². The van der Waals surface area contributed by atoms with Gasteiger partial charge in [0.25, 0.3) is 15.9 Å². The molecular weight excluding hydrogens is 541 g/mol. The van der Waals surface area contributed by atoms with E-state index >= 15 is 0 Å². The highest BCUT2D eigenvalue weighted by atomic mass is 32.2. The highest BCUT2D eigenvalue weighted by Crippen LogP contribution is 2.30. The lowest BCUT2D eigenvalue weighted by molar-refractivity contribution is 0.0750. The van der Waals surface area contributed by atoms with E-state index < -0.39 is 10.0 Å². The first-order valence-electron chi connectivity index (χ1n) is 13.7. The standard InChI is InChI=1S/C31H36N4O3S2/c1-22-28(31(2,3)4)39-30(33-40(37,38)27-14-10-12-24-11-6-7-13-26(24)27)35(22)21-23-15-17-25(18-16-23)29(36)32-34-19-8-5-9-20-34/h6-7,10-18H,5,8-9,19-21H2,1-4H3,(H,32,36). The Bertz CT molecular complexity index is 1700. The molecule has 2 heterocycles. The number of nitrogens with one attached hydrogen (secondary N) is 1. The normalized spacial score (nSPS) is 15.4. The number of nitrogens with zero attached hydrogens (tertiary/aromatic N) is 3. The summed E-state index contributed by atoms with van der Waals surface area (Å²) in [6.45, 7) is 10.6. The van der Waals surface area contributed by atoms with Crippen LogP contribution in [0.15, 0.2) is 76.0 Å². The molecule has 5 rings (SSSR count). The summed E-state index contributed by atoms with van der Waals surface area (Å²) in [6, 6.07) is 20.2. The number of fused-ring (bicyclic) bond motifs is 1. The van der Waals surface area contributed by atoms with Crippen LogP contribution < -0.4 is 10.2 Å². The van der Waals surface area contributed by atoms with Crippen LogP contribution in [-0.2, 0) is 22.0 Å². The lowest BCUT2D eigenvalue weighted by Gasteiger charge is -2.26. The van der Waals surface area contributed by atoms with Gasteiger partial charge in [-0.3, -0.25) is 10.2 Å². The molecule has 1 amide bonds. The Balaban J connectivity index is 1.49. The van der Waals surface area contributed by atoms with Crippen molar-refractivity contribution >= 4 is 38.0 Å². The lowest BCUT2D eigenvalue weighted by Crippen LogP contribution is -2.45. The maximum absolute atomic E-state index is 13.7. The fourth-order valence-electron chi connectivity index (χ4n) is 5.17. The van der Waals surface area contributed by atoms with Crippen LogP contribution in [0.4, 0.5) is 0 Å². The van der Waals surface area contributed by atoms with E-state index in [1.807, 2.05) is 71.1 Å². The zero-order chi connectivity index (χ0) is 28.5. The minimum absolute atomic E-state index is 0.111. The number of amides is 1. The summed E-state index contributed by atoms with van der Waals surface area (Å²) in [4.78, 5) is 14.5. The molecule has 4 aromatic rings. The van der Waals surface area contributed by atoms with Crippen LogP contribution in [0.5, 0.6) is 0 Å². The van der Waals surface area contributed by atoms with E-state index in [2.05, 4.69) is 30.6 Å².